The first-order chi connectivity index (χ1) is 7.86. The van der Waals surface area contributed by atoms with Gasteiger partial charge in [0.05, 0.1) is 12.2 Å². The van der Waals surface area contributed by atoms with E-state index in [0.717, 1.165) is 13.1 Å². The minimum Gasteiger partial charge on any atom is -0.371 e. The predicted octanol–water partition coefficient (Wildman–Crippen LogP) is 2.79. The average Bonchev–Trinajstić information content (AvgIpc) is 2.68. The van der Waals surface area contributed by atoms with Gasteiger partial charge in [-0.2, -0.15) is 0 Å². The van der Waals surface area contributed by atoms with Gasteiger partial charge in [-0.15, -0.1) is 11.6 Å². The molecule has 2 heterocycles. The molecule has 0 amide bonds. The Kier molecular flexibility index (Phi) is 2.78. The third-order valence-corrected chi connectivity index (χ3v) is 3.81. The van der Waals surface area contributed by atoms with Crippen LogP contribution < -0.4 is 4.90 Å². The molecule has 0 aliphatic carbocycles. The van der Waals surface area contributed by atoms with Crippen molar-refractivity contribution in [3.8, 4) is 0 Å². The van der Waals surface area contributed by atoms with E-state index in [1.807, 2.05) is 0 Å². The number of halogens is 1. The fourth-order valence-corrected chi connectivity index (χ4v) is 2.97. The Morgan fingerprint density at radius 1 is 1.19 bits per heavy atom. The van der Waals surface area contributed by atoms with Gasteiger partial charge in [-0.25, -0.2) is 0 Å². The molecule has 2 unspecified atom stereocenters. The van der Waals surface area contributed by atoms with Gasteiger partial charge in [-0.1, -0.05) is 18.2 Å². The molecule has 0 N–H and O–H groups in total. The van der Waals surface area contributed by atoms with Crippen molar-refractivity contribution in [2.45, 2.75) is 30.9 Å². The number of fused-ring (bicyclic) bond motifs is 2. The maximum absolute atomic E-state index is 5.98. The van der Waals surface area contributed by atoms with Gasteiger partial charge >= 0.3 is 0 Å². The lowest BCUT2D eigenvalue weighted by Gasteiger charge is -2.34. The van der Waals surface area contributed by atoms with E-state index in [-0.39, 0.29) is 0 Å². The van der Waals surface area contributed by atoms with Crippen LogP contribution in [0.2, 0.25) is 0 Å². The summed E-state index contributed by atoms with van der Waals surface area (Å²) in [6.07, 6.45) is 3.29. The second-order valence-electron chi connectivity index (χ2n) is 4.62. The molecule has 2 aliphatic heterocycles. The van der Waals surface area contributed by atoms with Crippen molar-refractivity contribution in [2.75, 3.05) is 18.0 Å². The number of rotatable bonds is 2. The molecule has 2 nitrogen and oxygen atoms in total. The summed E-state index contributed by atoms with van der Waals surface area (Å²) >= 11 is 5.98. The van der Waals surface area contributed by atoms with Crippen molar-refractivity contribution >= 4 is 17.3 Å². The van der Waals surface area contributed by atoms with E-state index in [9.17, 15) is 0 Å². The minimum atomic E-state index is 0.433. The predicted molar refractivity (Wildman–Crippen MR) is 66.1 cm³/mol. The Labute approximate surface area is 101 Å². The topological polar surface area (TPSA) is 12.5 Å². The fraction of sp³-hybridized carbons (Fsp3) is 0.538. The Hall–Kier alpha value is -0.730. The van der Waals surface area contributed by atoms with E-state index in [1.165, 1.54) is 24.1 Å². The molecular weight excluding hydrogens is 222 g/mol. The molecule has 16 heavy (non-hydrogen) atoms. The van der Waals surface area contributed by atoms with Crippen LogP contribution in [-0.4, -0.2) is 25.3 Å². The smallest absolute Gasteiger partial charge is 0.0755 e. The Bertz CT molecular complexity index is 370. The maximum Gasteiger partial charge on any atom is 0.0755 e. The highest BCUT2D eigenvalue weighted by Crippen LogP contribution is 2.31. The average molecular weight is 238 g/mol. The monoisotopic (exact) mass is 237 g/mol. The molecule has 2 bridgehead atoms. The van der Waals surface area contributed by atoms with Crippen molar-refractivity contribution in [1.82, 2.24) is 0 Å². The molecule has 0 saturated carbocycles. The zero-order valence-electron chi connectivity index (χ0n) is 9.23. The molecule has 2 fully saturated rings. The zero-order chi connectivity index (χ0) is 11.0. The number of nitrogens with zero attached hydrogens (tertiary/aromatic N) is 1. The minimum absolute atomic E-state index is 0.433. The van der Waals surface area contributed by atoms with Gasteiger partial charge in [0.1, 0.15) is 0 Å². The van der Waals surface area contributed by atoms with Crippen LogP contribution in [0.25, 0.3) is 0 Å². The lowest BCUT2D eigenvalue weighted by molar-refractivity contribution is 0.0304. The van der Waals surface area contributed by atoms with Crippen molar-refractivity contribution in [3.63, 3.8) is 0 Å². The van der Waals surface area contributed by atoms with E-state index >= 15 is 0 Å². The van der Waals surface area contributed by atoms with E-state index in [1.54, 1.807) is 0 Å². The third-order valence-electron chi connectivity index (χ3n) is 3.52. The number of ether oxygens (including phenoxy) is 1. The summed E-state index contributed by atoms with van der Waals surface area (Å²) in [5.41, 5.74) is 2.52. The molecule has 2 atom stereocenters. The number of hydrogen-bond acceptors (Lipinski definition) is 2. The van der Waals surface area contributed by atoms with Crippen molar-refractivity contribution in [2.24, 2.45) is 0 Å². The lowest BCUT2D eigenvalue weighted by Crippen LogP contribution is -2.43. The van der Waals surface area contributed by atoms with E-state index < -0.39 is 0 Å². The Morgan fingerprint density at radius 3 is 2.56 bits per heavy atom. The molecule has 0 radical (unpaired) electrons. The van der Waals surface area contributed by atoms with E-state index in [0.29, 0.717) is 18.1 Å². The van der Waals surface area contributed by atoms with Crippen LogP contribution in [0.1, 0.15) is 18.4 Å². The molecule has 3 heteroatoms. The van der Waals surface area contributed by atoms with Gasteiger partial charge in [0.2, 0.25) is 0 Å². The lowest BCUT2D eigenvalue weighted by atomic mass is 10.1. The van der Waals surface area contributed by atoms with Crippen molar-refractivity contribution in [1.29, 1.82) is 0 Å². The molecular formula is C13H16ClNO. The summed E-state index contributed by atoms with van der Waals surface area (Å²) in [7, 11) is 0. The molecule has 2 saturated heterocycles. The Morgan fingerprint density at radius 2 is 1.88 bits per heavy atom. The van der Waals surface area contributed by atoms with Gasteiger partial charge in [0.25, 0.3) is 0 Å². The van der Waals surface area contributed by atoms with Gasteiger partial charge in [-0.3, -0.25) is 0 Å². The summed E-state index contributed by atoms with van der Waals surface area (Å²) in [5.74, 6) is 0.586. The molecule has 0 aromatic heterocycles. The molecule has 2 aliphatic rings. The van der Waals surface area contributed by atoms with Gasteiger partial charge in [-0.05, 0) is 24.5 Å². The Balaban J connectivity index is 1.86. The number of benzene rings is 1. The second kappa shape index (κ2) is 4.27. The van der Waals surface area contributed by atoms with Crippen molar-refractivity contribution in [3.05, 3.63) is 29.8 Å². The number of morpholine rings is 1. The number of hydrogen-bond donors (Lipinski definition) is 0. The van der Waals surface area contributed by atoms with Crippen molar-refractivity contribution < 1.29 is 4.74 Å². The quantitative estimate of drug-likeness (QED) is 0.734. The van der Waals surface area contributed by atoms with Crippen LogP contribution in [0.3, 0.4) is 0 Å². The molecule has 1 aromatic carbocycles. The van der Waals surface area contributed by atoms with Crippen LogP contribution in [0.5, 0.6) is 0 Å². The summed E-state index contributed by atoms with van der Waals surface area (Å²) in [5, 5.41) is 0. The van der Waals surface area contributed by atoms with Crippen LogP contribution in [0.15, 0.2) is 24.3 Å². The standard InChI is InChI=1S/C13H16ClNO/c14-7-10-3-1-2-4-13(10)15-8-11-5-6-12(9-15)16-11/h1-4,11-12H,5-9H2. The van der Waals surface area contributed by atoms with E-state index in [4.69, 9.17) is 16.3 Å². The number of para-hydroxylation sites is 1. The summed E-state index contributed by atoms with van der Waals surface area (Å²) in [4.78, 5) is 2.43. The third kappa shape index (κ3) is 1.80. The molecule has 1 aromatic rings. The number of anilines is 1. The summed E-state index contributed by atoms with van der Waals surface area (Å²) in [6.45, 7) is 2.04. The SMILES string of the molecule is ClCc1ccccc1N1CC2CCC(C1)O2. The number of alkyl halides is 1. The largest absolute Gasteiger partial charge is 0.371 e. The maximum atomic E-state index is 5.98. The first kappa shape index (κ1) is 10.4. The van der Waals surface area contributed by atoms with E-state index in [2.05, 4.69) is 29.2 Å². The highest BCUT2D eigenvalue weighted by Gasteiger charge is 2.34. The second-order valence-corrected chi connectivity index (χ2v) is 4.89. The van der Waals surface area contributed by atoms with Gasteiger partial charge in [0.15, 0.2) is 0 Å². The summed E-state index contributed by atoms with van der Waals surface area (Å²) < 4.78 is 5.85. The fourth-order valence-electron chi connectivity index (χ4n) is 2.74. The molecule has 86 valence electrons. The van der Waals surface area contributed by atoms with Crippen LogP contribution in [-0.2, 0) is 10.6 Å². The normalized spacial score (nSPS) is 28.4. The first-order valence-corrected chi connectivity index (χ1v) is 6.44. The van der Waals surface area contributed by atoms with Gasteiger partial charge in [0, 0.05) is 24.7 Å². The summed E-state index contributed by atoms with van der Waals surface area (Å²) in [6, 6.07) is 8.42. The van der Waals surface area contributed by atoms with Crippen LogP contribution in [0.4, 0.5) is 5.69 Å². The highest BCUT2D eigenvalue weighted by molar-refractivity contribution is 6.17. The molecule has 3 rings (SSSR count). The van der Waals surface area contributed by atoms with Crippen LogP contribution in [0, 0.1) is 0 Å². The van der Waals surface area contributed by atoms with Crippen LogP contribution >= 0.6 is 11.6 Å². The van der Waals surface area contributed by atoms with Gasteiger partial charge < -0.3 is 9.64 Å². The molecule has 0 spiro atoms. The highest BCUT2D eigenvalue weighted by atomic mass is 35.5. The zero-order valence-corrected chi connectivity index (χ0v) is 9.99. The first-order valence-electron chi connectivity index (χ1n) is 5.91.